The molecule has 2 rings (SSSR count). The van der Waals surface area contributed by atoms with Crippen molar-refractivity contribution in [1.82, 2.24) is 5.32 Å². The Balaban J connectivity index is 1.90. The van der Waals surface area contributed by atoms with Gasteiger partial charge in [-0.1, -0.05) is 0 Å². The Morgan fingerprint density at radius 2 is 1.73 bits per heavy atom. The van der Waals surface area contributed by atoms with Crippen molar-refractivity contribution >= 4 is 10.8 Å². The minimum Gasteiger partial charge on any atom is -0.301 e. The summed E-state index contributed by atoms with van der Waals surface area (Å²) in [5.41, 5.74) is -1.61. The minimum atomic E-state index is -4.14. The molecule has 0 unspecified atom stereocenters. The van der Waals surface area contributed by atoms with Crippen molar-refractivity contribution < 1.29 is 17.4 Å². The molecule has 0 aromatic heterocycles. The maximum absolute atomic E-state index is 12.6. The molecule has 1 heterocycles. The smallest absolute Gasteiger partial charge is 0.301 e. The first-order chi connectivity index (χ1) is 6.93. The summed E-state index contributed by atoms with van der Waals surface area (Å²) in [5, 5.41) is 2.71. The fraction of sp³-hybridized carbons (Fsp3) is 1.00. The second-order valence-corrected chi connectivity index (χ2v) is 6.04. The van der Waals surface area contributed by atoms with Gasteiger partial charge in [-0.3, -0.25) is 4.21 Å². The Hall–Kier alpha value is -0.100. The van der Waals surface area contributed by atoms with Crippen LogP contribution in [-0.2, 0) is 10.8 Å². The zero-order valence-corrected chi connectivity index (χ0v) is 9.09. The van der Waals surface area contributed by atoms with Crippen molar-refractivity contribution in [2.75, 3.05) is 11.5 Å². The summed E-state index contributed by atoms with van der Waals surface area (Å²) in [5.74, 6) is 1.07. The summed E-state index contributed by atoms with van der Waals surface area (Å²) in [6, 6.07) is -0.105. The van der Waals surface area contributed by atoms with Gasteiger partial charge in [0.05, 0.1) is 0 Å². The van der Waals surface area contributed by atoms with Gasteiger partial charge in [0, 0.05) is 28.3 Å². The second-order valence-electron chi connectivity index (χ2n) is 4.35. The van der Waals surface area contributed by atoms with Crippen LogP contribution in [0.4, 0.5) is 13.2 Å². The molecule has 0 aromatic carbocycles. The third kappa shape index (κ3) is 2.36. The Morgan fingerprint density at radius 3 is 2.13 bits per heavy atom. The molecule has 6 heteroatoms. The van der Waals surface area contributed by atoms with Crippen LogP contribution in [0.25, 0.3) is 0 Å². The molecule has 1 N–H and O–H groups in total. The molecule has 2 nitrogen and oxygen atoms in total. The Bertz CT molecular complexity index is 265. The SMILES string of the molecule is O=S1CCC(NC2(C(F)(F)F)CC2)CC1. The largest absolute Gasteiger partial charge is 0.406 e. The van der Waals surface area contributed by atoms with Crippen molar-refractivity contribution in [2.24, 2.45) is 0 Å². The van der Waals surface area contributed by atoms with Crippen LogP contribution in [0.1, 0.15) is 25.7 Å². The highest BCUT2D eigenvalue weighted by Crippen LogP contribution is 2.49. The Labute approximate surface area is 89.1 Å². The van der Waals surface area contributed by atoms with E-state index in [1.807, 2.05) is 0 Å². The molecule has 0 aromatic rings. The average molecular weight is 241 g/mol. The molecule has 1 aliphatic carbocycles. The molecule has 1 saturated carbocycles. The van der Waals surface area contributed by atoms with Gasteiger partial charge in [0.2, 0.25) is 0 Å². The van der Waals surface area contributed by atoms with Crippen LogP contribution in [0, 0.1) is 0 Å². The molecule has 0 radical (unpaired) electrons. The second kappa shape index (κ2) is 3.73. The van der Waals surface area contributed by atoms with E-state index in [1.165, 1.54) is 0 Å². The van der Waals surface area contributed by atoms with Gasteiger partial charge in [0.15, 0.2) is 0 Å². The van der Waals surface area contributed by atoms with Crippen LogP contribution in [0.15, 0.2) is 0 Å². The molecule has 2 aliphatic rings. The summed E-state index contributed by atoms with van der Waals surface area (Å²) in [4.78, 5) is 0. The van der Waals surface area contributed by atoms with Crippen molar-refractivity contribution in [3.63, 3.8) is 0 Å². The maximum Gasteiger partial charge on any atom is 0.406 e. The predicted molar refractivity (Wildman–Crippen MR) is 52.1 cm³/mol. The van der Waals surface area contributed by atoms with E-state index in [-0.39, 0.29) is 18.9 Å². The lowest BCUT2D eigenvalue weighted by molar-refractivity contribution is -0.168. The minimum absolute atomic E-state index is 0.105. The van der Waals surface area contributed by atoms with E-state index >= 15 is 0 Å². The lowest BCUT2D eigenvalue weighted by atomic mass is 10.1. The first-order valence-corrected chi connectivity index (χ1v) is 6.61. The van der Waals surface area contributed by atoms with Crippen molar-refractivity contribution in [1.29, 1.82) is 0 Å². The van der Waals surface area contributed by atoms with E-state index in [1.54, 1.807) is 0 Å². The summed E-state index contributed by atoms with van der Waals surface area (Å²) < 4.78 is 48.9. The molecule has 15 heavy (non-hydrogen) atoms. The van der Waals surface area contributed by atoms with E-state index in [4.69, 9.17) is 0 Å². The van der Waals surface area contributed by atoms with Crippen LogP contribution in [-0.4, -0.2) is 33.5 Å². The number of alkyl halides is 3. The van der Waals surface area contributed by atoms with Crippen molar-refractivity contribution in [3.05, 3.63) is 0 Å². The number of nitrogens with one attached hydrogen (secondary N) is 1. The van der Waals surface area contributed by atoms with Gasteiger partial charge in [0.1, 0.15) is 5.54 Å². The summed E-state index contributed by atoms with van der Waals surface area (Å²) in [7, 11) is -0.811. The molecule has 1 aliphatic heterocycles. The lowest BCUT2D eigenvalue weighted by Gasteiger charge is -2.29. The van der Waals surface area contributed by atoms with Crippen LogP contribution >= 0.6 is 0 Å². The number of rotatable bonds is 2. The standard InChI is InChI=1S/C9H14F3NOS/c10-9(11,12)8(3-4-8)13-7-1-5-15(14)6-2-7/h7,13H,1-6H2. The number of halogens is 3. The predicted octanol–water partition coefficient (Wildman–Crippen LogP) is 1.58. The quantitative estimate of drug-likeness (QED) is 0.795. The fourth-order valence-electron chi connectivity index (χ4n) is 1.96. The first-order valence-electron chi connectivity index (χ1n) is 5.12. The van der Waals surface area contributed by atoms with Crippen LogP contribution < -0.4 is 5.32 Å². The van der Waals surface area contributed by atoms with Gasteiger partial charge >= 0.3 is 6.18 Å². The average Bonchev–Trinajstić information content (AvgIpc) is 2.89. The molecule has 0 spiro atoms. The van der Waals surface area contributed by atoms with Crippen LogP contribution in [0.3, 0.4) is 0 Å². The number of hydrogen-bond donors (Lipinski definition) is 1. The summed E-state index contributed by atoms with van der Waals surface area (Å²) in [6.45, 7) is 0. The molecule has 2 fully saturated rings. The highest BCUT2D eigenvalue weighted by atomic mass is 32.2. The summed E-state index contributed by atoms with van der Waals surface area (Å²) >= 11 is 0. The Morgan fingerprint density at radius 1 is 1.20 bits per heavy atom. The van der Waals surface area contributed by atoms with Gasteiger partial charge in [0.25, 0.3) is 0 Å². The van der Waals surface area contributed by atoms with Crippen molar-refractivity contribution in [3.8, 4) is 0 Å². The van der Waals surface area contributed by atoms with Crippen LogP contribution in [0.5, 0.6) is 0 Å². The fourth-order valence-corrected chi connectivity index (χ4v) is 3.26. The normalized spacial score (nSPS) is 35.1. The zero-order valence-electron chi connectivity index (χ0n) is 8.27. The molecule has 1 saturated heterocycles. The van der Waals surface area contributed by atoms with E-state index in [2.05, 4.69) is 5.32 Å². The molecular formula is C9H14F3NOS. The first kappa shape index (κ1) is 11.4. The van der Waals surface area contributed by atoms with E-state index < -0.39 is 22.5 Å². The summed E-state index contributed by atoms with van der Waals surface area (Å²) in [6.07, 6.45) is -2.55. The van der Waals surface area contributed by atoms with Crippen LogP contribution in [0.2, 0.25) is 0 Å². The monoisotopic (exact) mass is 241 g/mol. The van der Waals surface area contributed by atoms with Gasteiger partial charge in [-0.25, -0.2) is 0 Å². The topological polar surface area (TPSA) is 29.1 Å². The molecular weight excluding hydrogens is 227 g/mol. The Kier molecular flexibility index (Phi) is 2.83. The van der Waals surface area contributed by atoms with E-state index in [9.17, 15) is 17.4 Å². The molecule has 0 bridgehead atoms. The lowest BCUT2D eigenvalue weighted by Crippen LogP contribution is -2.51. The number of hydrogen-bond acceptors (Lipinski definition) is 2. The highest BCUT2D eigenvalue weighted by molar-refractivity contribution is 7.85. The molecule has 0 amide bonds. The molecule has 0 atom stereocenters. The van der Waals surface area contributed by atoms with E-state index in [0.717, 1.165) is 0 Å². The maximum atomic E-state index is 12.6. The van der Waals surface area contributed by atoms with E-state index in [0.29, 0.717) is 24.3 Å². The molecule has 88 valence electrons. The van der Waals surface area contributed by atoms with Gasteiger partial charge < -0.3 is 5.32 Å². The van der Waals surface area contributed by atoms with Gasteiger partial charge in [-0.2, -0.15) is 13.2 Å². The van der Waals surface area contributed by atoms with Gasteiger partial charge in [-0.15, -0.1) is 0 Å². The third-order valence-corrected chi connectivity index (χ3v) is 4.54. The third-order valence-electron chi connectivity index (χ3n) is 3.16. The highest BCUT2D eigenvalue weighted by Gasteiger charge is 2.63. The van der Waals surface area contributed by atoms with Crippen molar-refractivity contribution in [2.45, 2.75) is 43.4 Å². The van der Waals surface area contributed by atoms with Gasteiger partial charge in [-0.05, 0) is 25.7 Å². The zero-order chi connectivity index (χ0) is 11.1.